The van der Waals surface area contributed by atoms with Crippen molar-refractivity contribution in [3.05, 3.63) is 78.6 Å². The van der Waals surface area contributed by atoms with Crippen LogP contribution in [0.2, 0.25) is 0 Å². The summed E-state index contributed by atoms with van der Waals surface area (Å²) in [4.78, 5) is 17.9. The van der Waals surface area contributed by atoms with Crippen LogP contribution in [0.25, 0.3) is 22.0 Å². The molecule has 0 amide bonds. The highest BCUT2D eigenvalue weighted by atomic mass is 16.5. The molecule has 1 fully saturated rings. The molecule has 28 heavy (non-hydrogen) atoms. The van der Waals surface area contributed by atoms with Gasteiger partial charge in [-0.3, -0.25) is 9.97 Å². The predicted octanol–water partition coefficient (Wildman–Crippen LogP) is 4.58. The van der Waals surface area contributed by atoms with Gasteiger partial charge in [0.1, 0.15) is 5.82 Å². The molecule has 138 valence electrons. The van der Waals surface area contributed by atoms with E-state index in [-0.39, 0.29) is 0 Å². The fourth-order valence-electron chi connectivity index (χ4n) is 3.55. The number of benzene rings is 1. The average molecular weight is 368 g/mol. The Balaban J connectivity index is 1.32. The van der Waals surface area contributed by atoms with Gasteiger partial charge in [0, 0.05) is 47.1 Å². The highest BCUT2D eigenvalue weighted by Gasteiger charge is 2.40. The zero-order chi connectivity index (χ0) is 18.9. The molecule has 1 aromatic carbocycles. The molecule has 1 saturated carbocycles. The maximum Gasteiger partial charge on any atom is 0.224 e. The third-order valence-electron chi connectivity index (χ3n) is 5.20. The van der Waals surface area contributed by atoms with E-state index in [0.717, 1.165) is 28.8 Å². The van der Waals surface area contributed by atoms with E-state index in [1.54, 1.807) is 12.4 Å². The second-order valence-corrected chi connectivity index (χ2v) is 7.22. The van der Waals surface area contributed by atoms with Crippen LogP contribution in [-0.2, 0) is 0 Å². The van der Waals surface area contributed by atoms with E-state index in [0.29, 0.717) is 30.1 Å². The summed E-state index contributed by atoms with van der Waals surface area (Å²) in [6.45, 7) is 2.50. The van der Waals surface area contributed by atoms with E-state index in [4.69, 9.17) is 9.72 Å². The van der Waals surface area contributed by atoms with Crippen LogP contribution in [0.1, 0.15) is 23.9 Å². The average Bonchev–Trinajstić information content (AvgIpc) is 3.52. The zero-order valence-corrected chi connectivity index (χ0v) is 15.6. The molecule has 1 aliphatic rings. The summed E-state index contributed by atoms with van der Waals surface area (Å²) in [6.07, 6.45) is 6.46. The number of nitrogens with zero attached hydrogens (tertiary/aromatic N) is 4. The minimum atomic E-state index is 0.453. The Bertz CT molecular complexity index is 1130. The van der Waals surface area contributed by atoms with Crippen LogP contribution in [0.5, 0.6) is 5.88 Å². The fourth-order valence-corrected chi connectivity index (χ4v) is 3.55. The van der Waals surface area contributed by atoms with Gasteiger partial charge in [-0.2, -0.15) is 4.98 Å². The number of pyridine rings is 2. The van der Waals surface area contributed by atoms with Gasteiger partial charge < -0.3 is 4.74 Å². The molecule has 5 heteroatoms. The number of aryl methyl sites for hydroxylation is 1. The monoisotopic (exact) mass is 368 g/mol. The number of rotatable bonds is 5. The molecule has 3 aromatic heterocycles. The second-order valence-electron chi connectivity index (χ2n) is 7.22. The lowest BCUT2D eigenvalue weighted by Crippen LogP contribution is -2.05. The summed E-state index contributed by atoms with van der Waals surface area (Å²) in [7, 11) is 0. The molecule has 5 rings (SSSR count). The molecule has 5 nitrogen and oxygen atoms in total. The molecule has 0 spiro atoms. The third-order valence-corrected chi connectivity index (χ3v) is 5.20. The van der Waals surface area contributed by atoms with E-state index in [2.05, 4.69) is 39.2 Å². The largest absolute Gasteiger partial charge is 0.477 e. The number of hydrogen-bond acceptors (Lipinski definition) is 5. The number of ether oxygens (including phenoxy) is 1. The van der Waals surface area contributed by atoms with Crippen LogP contribution in [0, 0.1) is 12.8 Å². The quantitative estimate of drug-likeness (QED) is 0.516. The fraction of sp³-hybridized carbons (Fsp3) is 0.217. The summed E-state index contributed by atoms with van der Waals surface area (Å²) >= 11 is 0. The maximum absolute atomic E-state index is 6.13. The molecule has 0 bridgehead atoms. The van der Waals surface area contributed by atoms with Crippen LogP contribution < -0.4 is 4.74 Å². The van der Waals surface area contributed by atoms with Crippen molar-refractivity contribution in [3.63, 3.8) is 0 Å². The third kappa shape index (κ3) is 3.31. The van der Waals surface area contributed by atoms with Gasteiger partial charge in [0.15, 0.2) is 0 Å². The Kier molecular flexibility index (Phi) is 4.20. The summed E-state index contributed by atoms with van der Waals surface area (Å²) < 4.78 is 6.13. The molecular weight excluding hydrogens is 348 g/mol. The van der Waals surface area contributed by atoms with Crippen molar-refractivity contribution in [2.24, 2.45) is 5.92 Å². The van der Waals surface area contributed by atoms with Crippen LogP contribution >= 0.6 is 0 Å². The Labute approximate surface area is 163 Å². The minimum absolute atomic E-state index is 0.453. The molecule has 0 N–H and O–H groups in total. The molecule has 0 radical (unpaired) electrons. The number of hydrogen-bond donors (Lipinski definition) is 0. The van der Waals surface area contributed by atoms with E-state index in [1.165, 1.54) is 5.39 Å². The maximum atomic E-state index is 6.13. The summed E-state index contributed by atoms with van der Waals surface area (Å²) in [5.74, 6) is 2.24. The van der Waals surface area contributed by atoms with Crippen LogP contribution in [0.15, 0.2) is 67.1 Å². The van der Waals surface area contributed by atoms with Crippen molar-refractivity contribution in [2.45, 2.75) is 19.3 Å². The van der Waals surface area contributed by atoms with Gasteiger partial charge in [0.25, 0.3) is 0 Å². The van der Waals surface area contributed by atoms with Crippen molar-refractivity contribution >= 4 is 10.9 Å². The number of para-hydroxylation sites is 1. The first kappa shape index (κ1) is 16.8. The van der Waals surface area contributed by atoms with Crippen molar-refractivity contribution in [1.82, 2.24) is 19.9 Å². The predicted molar refractivity (Wildman–Crippen MR) is 108 cm³/mol. The molecule has 2 unspecified atom stereocenters. The van der Waals surface area contributed by atoms with Crippen molar-refractivity contribution < 1.29 is 4.74 Å². The van der Waals surface area contributed by atoms with Crippen molar-refractivity contribution in [2.75, 3.05) is 6.61 Å². The molecular formula is C23H20N4O. The Morgan fingerprint density at radius 2 is 1.93 bits per heavy atom. The highest BCUT2D eigenvalue weighted by Crippen LogP contribution is 2.47. The van der Waals surface area contributed by atoms with Crippen molar-refractivity contribution in [1.29, 1.82) is 0 Å². The van der Waals surface area contributed by atoms with Gasteiger partial charge in [0.2, 0.25) is 5.88 Å². The lowest BCUT2D eigenvalue weighted by molar-refractivity contribution is 0.285. The number of fused-ring (bicyclic) bond motifs is 1. The first-order valence-corrected chi connectivity index (χ1v) is 9.50. The zero-order valence-electron chi connectivity index (χ0n) is 15.6. The van der Waals surface area contributed by atoms with E-state index in [1.807, 2.05) is 37.4 Å². The van der Waals surface area contributed by atoms with Crippen LogP contribution in [0.4, 0.5) is 0 Å². The minimum Gasteiger partial charge on any atom is -0.477 e. The normalized spacial score (nSPS) is 18.2. The standard InChI is InChI=1S/C23H20N4O/c1-15-25-13-20(17-6-4-10-24-12-17)23(26-15)28-14-18-11-19(18)22-9-8-16-5-2-3-7-21(16)27-22/h2-10,12-13,18-19H,11,14H2,1H3. The highest BCUT2D eigenvalue weighted by molar-refractivity contribution is 5.78. The lowest BCUT2D eigenvalue weighted by atomic mass is 10.1. The Hall–Kier alpha value is -3.34. The van der Waals surface area contributed by atoms with Gasteiger partial charge in [0.05, 0.1) is 17.7 Å². The smallest absolute Gasteiger partial charge is 0.224 e. The van der Waals surface area contributed by atoms with Gasteiger partial charge in [-0.15, -0.1) is 0 Å². The Morgan fingerprint density at radius 3 is 2.82 bits per heavy atom. The lowest BCUT2D eigenvalue weighted by Gasteiger charge is -2.11. The topological polar surface area (TPSA) is 60.8 Å². The number of aromatic nitrogens is 4. The molecule has 3 heterocycles. The van der Waals surface area contributed by atoms with E-state index in [9.17, 15) is 0 Å². The SMILES string of the molecule is Cc1ncc(-c2cccnc2)c(OCC2CC2c2ccc3ccccc3n2)n1. The van der Waals surface area contributed by atoms with Gasteiger partial charge in [-0.1, -0.05) is 30.3 Å². The molecule has 0 saturated heterocycles. The summed E-state index contributed by atoms with van der Waals surface area (Å²) in [5, 5.41) is 1.18. The van der Waals surface area contributed by atoms with Crippen LogP contribution in [0.3, 0.4) is 0 Å². The first-order chi connectivity index (χ1) is 13.8. The molecule has 1 aliphatic carbocycles. The second kappa shape index (κ2) is 7.00. The first-order valence-electron chi connectivity index (χ1n) is 9.50. The summed E-state index contributed by atoms with van der Waals surface area (Å²) in [5.41, 5.74) is 4.04. The Morgan fingerprint density at radius 1 is 1.00 bits per heavy atom. The van der Waals surface area contributed by atoms with Crippen molar-refractivity contribution in [3.8, 4) is 17.0 Å². The van der Waals surface area contributed by atoms with E-state index >= 15 is 0 Å². The molecule has 4 aromatic rings. The summed E-state index contributed by atoms with van der Waals surface area (Å²) in [6, 6.07) is 16.4. The van der Waals surface area contributed by atoms with Gasteiger partial charge >= 0.3 is 0 Å². The van der Waals surface area contributed by atoms with E-state index < -0.39 is 0 Å². The van der Waals surface area contributed by atoms with Gasteiger partial charge in [-0.05, 0) is 31.5 Å². The molecule has 2 atom stereocenters. The van der Waals surface area contributed by atoms with Gasteiger partial charge in [-0.25, -0.2) is 4.98 Å². The van der Waals surface area contributed by atoms with Crippen LogP contribution in [-0.4, -0.2) is 26.5 Å². The molecule has 0 aliphatic heterocycles.